The molecule has 0 aliphatic carbocycles. The molecular weight excluding hydrogens is 498 g/mol. The third-order valence-electron chi connectivity index (χ3n) is 5.44. The lowest BCUT2D eigenvalue weighted by atomic mass is 9.87. The molecule has 3 rings (SSSR count). The average molecular weight is 530 g/mol. The van der Waals surface area contributed by atoms with Gasteiger partial charge >= 0.3 is 18.2 Å². The Labute approximate surface area is 227 Å². The molecule has 0 bridgehead atoms. The zero-order valence-corrected chi connectivity index (χ0v) is 22.1. The van der Waals surface area contributed by atoms with Crippen LogP contribution >= 0.6 is 0 Å². The molecule has 0 aliphatic rings. The zero-order chi connectivity index (χ0) is 28.3. The highest BCUT2D eigenvalue weighted by molar-refractivity contribution is 5.79. The van der Waals surface area contributed by atoms with Crippen molar-refractivity contribution < 1.29 is 28.6 Å². The highest BCUT2D eigenvalue weighted by Crippen LogP contribution is 2.33. The summed E-state index contributed by atoms with van der Waals surface area (Å²) in [6.07, 6.45) is -2.68. The Bertz CT molecular complexity index is 1290. The Morgan fingerprint density at radius 3 is 1.77 bits per heavy atom. The molecule has 3 aromatic carbocycles. The van der Waals surface area contributed by atoms with E-state index >= 15 is 0 Å². The van der Waals surface area contributed by atoms with Crippen molar-refractivity contribution in [3.63, 3.8) is 0 Å². The summed E-state index contributed by atoms with van der Waals surface area (Å²) in [5.74, 6) is -0.756. The largest absolute Gasteiger partial charge is 0.460 e. The number of nitrogens with zero attached hydrogens (tertiary/aromatic N) is 2. The van der Waals surface area contributed by atoms with Gasteiger partial charge in [-0.25, -0.2) is 15.0 Å². The average Bonchev–Trinajstić information content (AvgIpc) is 2.93. The maximum absolute atomic E-state index is 13.5. The van der Waals surface area contributed by atoms with E-state index in [-0.39, 0.29) is 18.8 Å². The van der Waals surface area contributed by atoms with Gasteiger partial charge in [-0.1, -0.05) is 91.0 Å². The Balaban J connectivity index is 1.96. The SMILES string of the molecule is CC(C)(C)OC(=O)CC(C#N)(c1ccccc1)N(NC(=O)OCc1ccccc1)C(=O)OCc1ccccc1. The lowest BCUT2D eigenvalue weighted by Gasteiger charge is -2.37. The number of esters is 1. The molecule has 2 amide bonds. The highest BCUT2D eigenvalue weighted by Gasteiger charge is 2.47. The van der Waals surface area contributed by atoms with Crippen LogP contribution < -0.4 is 5.43 Å². The van der Waals surface area contributed by atoms with Gasteiger partial charge in [-0.2, -0.15) is 10.3 Å². The molecular formula is C30H31N3O6. The zero-order valence-electron chi connectivity index (χ0n) is 22.1. The lowest BCUT2D eigenvalue weighted by Crippen LogP contribution is -2.58. The van der Waals surface area contributed by atoms with Gasteiger partial charge in [0.1, 0.15) is 18.8 Å². The van der Waals surface area contributed by atoms with E-state index in [1.165, 1.54) is 0 Å². The number of ether oxygens (including phenoxy) is 3. The third-order valence-corrected chi connectivity index (χ3v) is 5.44. The van der Waals surface area contributed by atoms with Crippen molar-refractivity contribution in [3.8, 4) is 6.07 Å². The van der Waals surface area contributed by atoms with Crippen LogP contribution in [0.3, 0.4) is 0 Å². The minimum atomic E-state index is -2.02. The fourth-order valence-corrected chi connectivity index (χ4v) is 3.69. The van der Waals surface area contributed by atoms with Crippen molar-refractivity contribution in [2.24, 2.45) is 0 Å². The summed E-state index contributed by atoms with van der Waals surface area (Å²) in [6, 6.07) is 28.1. The predicted molar refractivity (Wildman–Crippen MR) is 142 cm³/mol. The van der Waals surface area contributed by atoms with Crippen LogP contribution in [0.25, 0.3) is 0 Å². The van der Waals surface area contributed by atoms with E-state index in [1.54, 1.807) is 99.6 Å². The van der Waals surface area contributed by atoms with E-state index in [4.69, 9.17) is 14.2 Å². The van der Waals surface area contributed by atoms with Crippen molar-refractivity contribution in [1.82, 2.24) is 10.4 Å². The first-order valence-corrected chi connectivity index (χ1v) is 12.3. The summed E-state index contributed by atoms with van der Waals surface area (Å²) < 4.78 is 16.3. The van der Waals surface area contributed by atoms with Crippen molar-refractivity contribution in [1.29, 1.82) is 5.26 Å². The van der Waals surface area contributed by atoms with Crippen molar-refractivity contribution in [3.05, 3.63) is 108 Å². The van der Waals surface area contributed by atoms with Crippen LogP contribution in [0.5, 0.6) is 0 Å². The van der Waals surface area contributed by atoms with E-state index in [2.05, 4.69) is 11.5 Å². The van der Waals surface area contributed by atoms with Gasteiger partial charge in [0.25, 0.3) is 0 Å². The van der Waals surface area contributed by atoms with Gasteiger partial charge in [0.2, 0.25) is 0 Å². The van der Waals surface area contributed by atoms with Crippen LogP contribution in [0.2, 0.25) is 0 Å². The summed E-state index contributed by atoms with van der Waals surface area (Å²) in [5, 5.41) is 11.2. The molecule has 0 aromatic heterocycles. The molecule has 1 unspecified atom stereocenters. The number of amides is 2. The van der Waals surface area contributed by atoms with Gasteiger partial charge in [-0.05, 0) is 37.5 Å². The van der Waals surface area contributed by atoms with Gasteiger partial charge in [0.05, 0.1) is 12.5 Å². The van der Waals surface area contributed by atoms with Gasteiger partial charge in [0, 0.05) is 0 Å². The lowest BCUT2D eigenvalue weighted by molar-refractivity contribution is -0.157. The molecule has 1 N–H and O–H groups in total. The molecule has 0 radical (unpaired) electrons. The minimum absolute atomic E-state index is 0.0868. The Hall–Kier alpha value is -4.84. The second-order valence-electron chi connectivity index (χ2n) is 9.65. The Morgan fingerprint density at radius 2 is 1.28 bits per heavy atom. The molecule has 9 nitrogen and oxygen atoms in total. The topological polar surface area (TPSA) is 118 Å². The van der Waals surface area contributed by atoms with E-state index in [9.17, 15) is 19.6 Å². The minimum Gasteiger partial charge on any atom is -0.460 e. The molecule has 0 saturated carbocycles. The van der Waals surface area contributed by atoms with Crippen molar-refractivity contribution in [2.45, 2.75) is 51.5 Å². The number of hydrazine groups is 1. The second kappa shape index (κ2) is 13.1. The standard InChI is InChI=1S/C30H31N3O6/c1-29(2,3)39-26(34)19-30(22-31,25-17-11-6-12-18-25)33(28(36)38-21-24-15-9-5-10-16-24)32-27(35)37-20-23-13-7-4-8-14-23/h4-18H,19-21H2,1-3H3,(H,32,35). The van der Waals surface area contributed by atoms with Crippen LogP contribution in [0.4, 0.5) is 9.59 Å². The van der Waals surface area contributed by atoms with Gasteiger partial charge in [-0.15, -0.1) is 0 Å². The van der Waals surface area contributed by atoms with Gasteiger partial charge in [0.15, 0.2) is 5.54 Å². The maximum Gasteiger partial charge on any atom is 0.431 e. The summed E-state index contributed by atoms with van der Waals surface area (Å²) in [7, 11) is 0. The number of hydrogen-bond donors (Lipinski definition) is 1. The molecule has 0 spiro atoms. The first-order chi connectivity index (χ1) is 18.6. The summed E-state index contributed by atoms with van der Waals surface area (Å²) in [4.78, 5) is 39.4. The summed E-state index contributed by atoms with van der Waals surface area (Å²) in [6.45, 7) is 4.84. The second-order valence-corrected chi connectivity index (χ2v) is 9.65. The molecule has 202 valence electrons. The maximum atomic E-state index is 13.5. The fourth-order valence-electron chi connectivity index (χ4n) is 3.69. The van der Waals surface area contributed by atoms with E-state index in [0.29, 0.717) is 16.1 Å². The van der Waals surface area contributed by atoms with Gasteiger partial charge < -0.3 is 14.2 Å². The number of carbonyl (C=O) groups is 3. The van der Waals surface area contributed by atoms with E-state index < -0.39 is 35.7 Å². The molecule has 0 fully saturated rings. The number of nitrogens with one attached hydrogen (secondary N) is 1. The summed E-state index contributed by atoms with van der Waals surface area (Å²) >= 11 is 0. The van der Waals surface area contributed by atoms with Crippen LogP contribution in [-0.2, 0) is 37.8 Å². The van der Waals surface area contributed by atoms with Crippen molar-refractivity contribution in [2.75, 3.05) is 0 Å². The molecule has 0 heterocycles. The molecule has 1 atom stereocenters. The molecule has 3 aromatic rings. The monoisotopic (exact) mass is 529 g/mol. The predicted octanol–water partition coefficient (Wildman–Crippen LogP) is 5.62. The smallest absolute Gasteiger partial charge is 0.431 e. The fraction of sp³-hybridized carbons (Fsp3) is 0.267. The molecule has 0 aliphatic heterocycles. The Morgan fingerprint density at radius 1 is 0.795 bits per heavy atom. The number of carbonyl (C=O) groups excluding carboxylic acids is 3. The highest BCUT2D eigenvalue weighted by atomic mass is 16.6. The van der Waals surface area contributed by atoms with Gasteiger partial charge in [-0.3, -0.25) is 4.79 Å². The Kier molecular flexibility index (Phi) is 9.65. The molecule has 0 saturated heterocycles. The number of benzene rings is 3. The first-order valence-electron chi connectivity index (χ1n) is 12.3. The third kappa shape index (κ3) is 8.33. The van der Waals surface area contributed by atoms with Crippen molar-refractivity contribution >= 4 is 18.2 Å². The quantitative estimate of drug-likeness (QED) is 0.229. The number of hydrogen-bond acceptors (Lipinski definition) is 7. The molecule has 9 heteroatoms. The summed E-state index contributed by atoms with van der Waals surface area (Å²) in [5.41, 5.74) is 1.14. The number of nitriles is 1. The van der Waals surface area contributed by atoms with E-state index in [1.807, 2.05) is 12.1 Å². The van der Waals surface area contributed by atoms with Crippen LogP contribution in [0, 0.1) is 11.3 Å². The van der Waals surface area contributed by atoms with E-state index in [0.717, 1.165) is 0 Å². The van der Waals surface area contributed by atoms with Crippen LogP contribution in [0.1, 0.15) is 43.9 Å². The van der Waals surface area contributed by atoms with Crippen LogP contribution in [0.15, 0.2) is 91.0 Å². The first kappa shape index (κ1) is 28.7. The number of rotatable bonds is 8. The normalized spacial score (nSPS) is 12.3. The van der Waals surface area contributed by atoms with Crippen LogP contribution in [-0.4, -0.2) is 28.8 Å². The molecule has 39 heavy (non-hydrogen) atoms.